The van der Waals surface area contributed by atoms with Crippen LogP contribution in [0.25, 0.3) is 0 Å². The minimum Gasteiger partial charge on any atom is -0.502 e. The average Bonchev–Trinajstić information content (AvgIpc) is 2.47. The Labute approximate surface area is 130 Å². The van der Waals surface area contributed by atoms with Gasteiger partial charge in [-0.3, -0.25) is 15.0 Å². The van der Waals surface area contributed by atoms with Gasteiger partial charge in [0.2, 0.25) is 0 Å². The highest BCUT2D eigenvalue weighted by Gasteiger charge is 2.28. The number of aromatic hydroxyl groups is 1. The van der Waals surface area contributed by atoms with Gasteiger partial charge in [0.25, 0.3) is 0 Å². The quantitative estimate of drug-likeness (QED) is 0.542. The molecular formula is C13H18BrN3O4. The Balaban J connectivity index is 2.41. The molecular weight excluding hydrogens is 342 g/mol. The summed E-state index contributed by atoms with van der Waals surface area (Å²) >= 11 is 3.25. The predicted molar refractivity (Wildman–Crippen MR) is 81.3 cm³/mol. The van der Waals surface area contributed by atoms with Gasteiger partial charge in [0.05, 0.1) is 4.92 Å². The van der Waals surface area contributed by atoms with Crippen LogP contribution in [0.5, 0.6) is 5.75 Å². The van der Waals surface area contributed by atoms with Gasteiger partial charge in [0, 0.05) is 54.9 Å². The number of aliphatic hydroxyl groups excluding tert-OH is 1. The van der Waals surface area contributed by atoms with E-state index >= 15 is 0 Å². The lowest BCUT2D eigenvalue weighted by molar-refractivity contribution is -0.386. The fourth-order valence-electron chi connectivity index (χ4n) is 2.65. The highest BCUT2D eigenvalue weighted by atomic mass is 79.9. The molecule has 0 aromatic heterocycles. The van der Waals surface area contributed by atoms with Crippen molar-refractivity contribution in [3.63, 3.8) is 0 Å². The normalized spacial score (nSPS) is 17.6. The van der Waals surface area contributed by atoms with Gasteiger partial charge in [0.15, 0.2) is 5.75 Å². The molecule has 1 aliphatic rings. The standard InChI is InChI=1S/C13H18BrN3O4/c14-9-7-10(13(19)12(8-9)17(20)21)11(1-6-18)16-4-2-15-3-5-16/h7-8,11,15,18-19H,1-6H2/t11-/m1/s1. The van der Waals surface area contributed by atoms with E-state index in [4.69, 9.17) is 0 Å². The number of phenols is 1. The first-order valence-electron chi connectivity index (χ1n) is 6.77. The summed E-state index contributed by atoms with van der Waals surface area (Å²) in [5, 5.41) is 33.8. The van der Waals surface area contributed by atoms with Gasteiger partial charge < -0.3 is 15.5 Å². The summed E-state index contributed by atoms with van der Waals surface area (Å²) in [5.41, 5.74) is 0.157. The zero-order valence-corrected chi connectivity index (χ0v) is 13.0. The Morgan fingerprint density at radius 2 is 2.10 bits per heavy atom. The Morgan fingerprint density at radius 3 is 2.67 bits per heavy atom. The molecule has 1 aromatic carbocycles. The number of nitrogens with one attached hydrogen (secondary N) is 1. The van der Waals surface area contributed by atoms with E-state index in [-0.39, 0.29) is 24.1 Å². The second-order valence-electron chi connectivity index (χ2n) is 4.93. The Bertz CT molecular complexity index is 520. The lowest BCUT2D eigenvalue weighted by Crippen LogP contribution is -2.45. The molecule has 1 fully saturated rings. The molecule has 1 saturated heterocycles. The van der Waals surface area contributed by atoms with Crippen LogP contribution < -0.4 is 5.32 Å². The number of rotatable bonds is 5. The maximum Gasteiger partial charge on any atom is 0.312 e. The molecule has 8 heteroatoms. The first-order chi connectivity index (χ1) is 10.0. The number of hydrogen-bond donors (Lipinski definition) is 3. The molecule has 21 heavy (non-hydrogen) atoms. The molecule has 0 unspecified atom stereocenters. The van der Waals surface area contributed by atoms with Crippen LogP contribution in [-0.4, -0.2) is 52.8 Å². The number of halogens is 1. The average molecular weight is 360 g/mol. The Hall–Kier alpha value is -1.22. The van der Waals surface area contributed by atoms with Crippen molar-refractivity contribution in [2.24, 2.45) is 0 Å². The van der Waals surface area contributed by atoms with Crippen LogP contribution in [0, 0.1) is 10.1 Å². The summed E-state index contributed by atoms with van der Waals surface area (Å²) < 4.78 is 0.542. The Kier molecular flexibility index (Phi) is 5.51. The number of piperazine rings is 1. The van der Waals surface area contributed by atoms with Crippen molar-refractivity contribution >= 4 is 21.6 Å². The van der Waals surface area contributed by atoms with E-state index in [9.17, 15) is 20.3 Å². The lowest BCUT2D eigenvalue weighted by atomic mass is 9.99. The zero-order valence-electron chi connectivity index (χ0n) is 11.5. The number of nitrogens with zero attached hydrogens (tertiary/aromatic N) is 2. The number of phenolic OH excluding ortho intramolecular Hbond substituents is 1. The maximum absolute atomic E-state index is 11.0. The van der Waals surface area contributed by atoms with Crippen molar-refractivity contribution in [3.05, 3.63) is 32.3 Å². The second kappa shape index (κ2) is 7.17. The molecule has 1 atom stereocenters. The topological polar surface area (TPSA) is 98.9 Å². The SMILES string of the molecule is O=[N+]([O-])c1cc(Br)cc([C@@H](CCO)N2CCNCC2)c1O. The number of aliphatic hydroxyl groups is 1. The smallest absolute Gasteiger partial charge is 0.312 e. The van der Waals surface area contributed by atoms with Gasteiger partial charge in [-0.1, -0.05) is 15.9 Å². The van der Waals surface area contributed by atoms with Gasteiger partial charge in [0.1, 0.15) is 0 Å². The summed E-state index contributed by atoms with van der Waals surface area (Å²) in [4.78, 5) is 12.6. The van der Waals surface area contributed by atoms with Crippen molar-refractivity contribution in [2.45, 2.75) is 12.5 Å². The molecule has 116 valence electrons. The third-order valence-corrected chi connectivity index (χ3v) is 4.09. The molecule has 7 nitrogen and oxygen atoms in total. The minimum absolute atomic E-state index is 0.0473. The van der Waals surface area contributed by atoms with E-state index in [0.29, 0.717) is 16.5 Å². The van der Waals surface area contributed by atoms with Gasteiger partial charge >= 0.3 is 5.69 Å². The predicted octanol–water partition coefficient (Wildman–Crippen LogP) is 1.39. The van der Waals surface area contributed by atoms with Crippen LogP contribution >= 0.6 is 15.9 Å². The fraction of sp³-hybridized carbons (Fsp3) is 0.538. The van der Waals surface area contributed by atoms with E-state index in [0.717, 1.165) is 26.2 Å². The van der Waals surface area contributed by atoms with Crippen LogP contribution in [-0.2, 0) is 0 Å². The van der Waals surface area contributed by atoms with E-state index < -0.39 is 4.92 Å². The van der Waals surface area contributed by atoms with Crippen LogP contribution in [0.4, 0.5) is 5.69 Å². The Morgan fingerprint density at radius 1 is 1.43 bits per heavy atom. The van der Waals surface area contributed by atoms with E-state index in [1.54, 1.807) is 6.07 Å². The van der Waals surface area contributed by atoms with Crippen molar-refractivity contribution in [1.82, 2.24) is 10.2 Å². The highest BCUT2D eigenvalue weighted by molar-refractivity contribution is 9.10. The zero-order chi connectivity index (χ0) is 15.4. The van der Waals surface area contributed by atoms with Crippen LogP contribution in [0.15, 0.2) is 16.6 Å². The fourth-order valence-corrected chi connectivity index (χ4v) is 3.11. The number of nitro benzene ring substituents is 1. The summed E-state index contributed by atoms with van der Waals surface area (Å²) in [5.74, 6) is -0.319. The third-order valence-electron chi connectivity index (χ3n) is 3.63. The number of nitro groups is 1. The lowest BCUT2D eigenvalue weighted by Gasteiger charge is -2.35. The molecule has 0 radical (unpaired) electrons. The summed E-state index contributed by atoms with van der Waals surface area (Å²) in [6, 6.07) is 2.73. The maximum atomic E-state index is 11.0. The largest absolute Gasteiger partial charge is 0.502 e. The molecule has 0 amide bonds. The molecule has 2 rings (SSSR count). The van der Waals surface area contributed by atoms with E-state index in [2.05, 4.69) is 26.1 Å². The molecule has 0 bridgehead atoms. The van der Waals surface area contributed by atoms with E-state index in [1.807, 2.05) is 0 Å². The van der Waals surface area contributed by atoms with Crippen molar-refractivity contribution < 1.29 is 15.1 Å². The monoisotopic (exact) mass is 359 g/mol. The molecule has 0 saturated carbocycles. The molecule has 3 N–H and O–H groups in total. The third kappa shape index (κ3) is 3.70. The van der Waals surface area contributed by atoms with Crippen molar-refractivity contribution in [1.29, 1.82) is 0 Å². The number of benzene rings is 1. The van der Waals surface area contributed by atoms with Crippen LogP contribution in [0.1, 0.15) is 18.0 Å². The molecule has 1 heterocycles. The van der Waals surface area contributed by atoms with Crippen LogP contribution in [0.3, 0.4) is 0 Å². The molecule has 0 aliphatic carbocycles. The van der Waals surface area contributed by atoms with Gasteiger partial charge in [-0.25, -0.2) is 0 Å². The van der Waals surface area contributed by atoms with Crippen molar-refractivity contribution in [3.8, 4) is 5.75 Å². The molecule has 1 aliphatic heterocycles. The first kappa shape index (κ1) is 16.2. The van der Waals surface area contributed by atoms with Gasteiger partial charge in [-0.15, -0.1) is 0 Å². The number of hydrogen-bond acceptors (Lipinski definition) is 6. The van der Waals surface area contributed by atoms with E-state index in [1.165, 1.54) is 6.07 Å². The second-order valence-corrected chi connectivity index (χ2v) is 5.85. The van der Waals surface area contributed by atoms with Gasteiger partial charge in [-0.2, -0.15) is 0 Å². The van der Waals surface area contributed by atoms with Crippen LogP contribution in [0.2, 0.25) is 0 Å². The molecule has 0 spiro atoms. The minimum atomic E-state index is -0.600. The summed E-state index contributed by atoms with van der Waals surface area (Å²) in [6.07, 6.45) is 0.418. The van der Waals surface area contributed by atoms with Crippen molar-refractivity contribution in [2.75, 3.05) is 32.8 Å². The summed E-state index contributed by atoms with van der Waals surface area (Å²) in [7, 11) is 0. The highest BCUT2D eigenvalue weighted by Crippen LogP contribution is 2.39. The summed E-state index contributed by atoms with van der Waals surface area (Å²) in [6.45, 7) is 3.13. The van der Waals surface area contributed by atoms with Gasteiger partial charge in [-0.05, 0) is 12.5 Å². The molecule has 1 aromatic rings. The first-order valence-corrected chi connectivity index (χ1v) is 7.56.